The Balaban J connectivity index is 1.89. The highest BCUT2D eigenvalue weighted by Gasteiger charge is 2.22. The molecule has 8 heteroatoms. The van der Waals surface area contributed by atoms with Gasteiger partial charge in [-0.3, -0.25) is 14.8 Å². The number of nitro groups is 1. The maximum Gasteiger partial charge on any atom is 0.312 e. The number of hydrogen-bond donors (Lipinski definition) is 1. The number of aliphatic hydroxyl groups excluding tert-OH is 1. The van der Waals surface area contributed by atoms with Crippen LogP contribution in [0.25, 0.3) is 0 Å². The van der Waals surface area contributed by atoms with E-state index >= 15 is 0 Å². The molecule has 21 heavy (non-hydrogen) atoms. The third-order valence-electron chi connectivity index (χ3n) is 3.04. The Morgan fingerprint density at radius 3 is 2.90 bits per heavy atom. The van der Waals surface area contributed by atoms with E-state index in [1.807, 2.05) is 0 Å². The smallest absolute Gasteiger partial charge is 0.312 e. The molecule has 0 amide bonds. The minimum atomic E-state index is -0.808. The van der Waals surface area contributed by atoms with Crippen LogP contribution < -0.4 is 0 Å². The summed E-state index contributed by atoms with van der Waals surface area (Å²) in [4.78, 5) is 10.4. The second kappa shape index (κ2) is 6.51. The molecule has 0 radical (unpaired) electrons. The van der Waals surface area contributed by atoms with Crippen molar-refractivity contribution in [3.63, 3.8) is 0 Å². The molecule has 0 saturated heterocycles. The van der Waals surface area contributed by atoms with Crippen molar-refractivity contribution in [1.82, 2.24) is 9.78 Å². The van der Waals surface area contributed by atoms with Gasteiger partial charge in [0.25, 0.3) is 0 Å². The van der Waals surface area contributed by atoms with Gasteiger partial charge in [0.05, 0.1) is 30.4 Å². The number of ether oxygens (including phenoxy) is 1. The molecule has 0 aliphatic carbocycles. The summed E-state index contributed by atoms with van der Waals surface area (Å²) in [7, 11) is 0. The van der Waals surface area contributed by atoms with Gasteiger partial charge in [0.15, 0.2) is 0 Å². The molecule has 1 unspecified atom stereocenters. The molecule has 2 aromatic heterocycles. The van der Waals surface area contributed by atoms with Crippen LogP contribution >= 0.6 is 0 Å². The van der Waals surface area contributed by atoms with Gasteiger partial charge in [-0.25, -0.2) is 0 Å². The van der Waals surface area contributed by atoms with Crippen molar-refractivity contribution in [2.45, 2.75) is 33.1 Å². The lowest BCUT2D eigenvalue weighted by Gasteiger charge is -2.11. The van der Waals surface area contributed by atoms with Crippen LogP contribution in [0, 0.1) is 24.0 Å². The van der Waals surface area contributed by atoms with Crippen molar-refractivity contribution in [2.24, 2.45) is 0 Å². The summed E-state index contributed by atoms with van der Waals surface area (Å²) in [5.41, 5.74) is 0.738. The largest absolute Gasteiger partial charge is 0.467 e. The molecule has 114 valence electrons. The van der Waals surface area contributed by atoms with Crippen LogP contribution in [-0.2, 0) is 17.9 Å². The Morgan fingerprint density at radius 1 is 1.57 bits per heavy atom. The molecule has 1 N–H and O–H groups in total. The first-order valence-corrected chi connectivity index (χ1v) is 6.45. The number of furan rings is 1. The van der Waals surface area contributed by atoms with Crippen LogP contribution in [0.3, 0.4) is 0 Å². The number of nitrogens with zero attached hydrogens (tertiary/aromatic N) is 3. The van der Waals surface area contributed by atoms with Gasteiger partial charge >= 0.3 is 5.69 Å². The lowest BCUT2D eigenvalue weighted by atomic mass is 10.3. The Bertz CT molecular complexity index is 606. The predicted octanol–water partition coefficient (Wildman–Crippen LogP) is 1.58. The van der Waals surface area contributed by atoms with E-state index in [0.29, 0.717) is 17.1 Å². The number of aryl methyl sites for hydroxylation is 1. The summed E-state index contributed by atoms with van der Waals surface area (Å²) in [6.45, 7) is 3.67. The minimum Gasteiger partial charge on any atom is -0.467 e. The number of aromatic nitrogens is 2. The van der Waals surface area contributed by atoms with Crippen molar-refractivity contribution in [2.75, 3.05) is 6.61 Å². The lowest BCUT2D eigenvalue weighted by molar-refractivity contribution is -0.386. The van der Waals surface area contributed by atoms with Crippen molar-refractivity contribution in [3.8, 4) is 0 Å². The summed E-state index contributed by atoms with van der Waals surface area (Å²) in [6, 6.07) is 3.53. The Labute approximate surface area is 121 Å². The fraction of sp³-hybridized carbons (Fsp3) is 0.462. The fourth-order valence-corrected chi connectivity index (χ4v) is 2.07. The van der Waals surface area contributed by atoms with E-state index in [4.69, 9.17) is 9.15 Å². The van der Waals surface area contributed by atoms with E-state index in [9.17, 15) is 15.2 Å². The summed E-state index contributed by atoms with van der Waals surface area (Å²) < 4.78 is 11.8. The normalized spacial score (nSPS) is 12.5. The molecule has 0 saturated carbocycles. The molecule has 0 aliphatic rings. The molecule has 0 fully saturated rings. The van der Waals surface area contributed by atoms with Gasteiger partial charge in [-0.05, 0) is 26.0 Å². The van der Waals surface area contributed by atoms with Gasteiger partial charge in [0.2, 0.25) is 0 Å². The second-order valence-electron chi connectivity index (χ2n) is 4.71. The molecule has 2 heterocycles. The van der Waals surface area contributed by atoms with E-state index < -0.39 is 11.0 Å². The minimum absolute atomic E-state index is 0.0151. The van der Waals surface area contributed by atoms with Gasteiger partial charge in [0, 0.05) is 0 Å². The Kier molecular flexibility index (Phi) is 4.71. The van der Waals surface area contributed by atoms with E-state index in [1.54, 1.807) is 32.2 Å². The summed E-state index contributed by atoms with van der Waals surface area (Å²) >= 11 is 0. The van der Waals surface area contributed by atoms with Crippen LogP contribution in [-0.4, -0.2) is 32.5 Å². The highest BCUT2D eigenvalue weighted by atomic mass is 16.6. The molecule has 0 bridgehead atoms. The highest BCUT2D eigenvalue weighted by Crippen LogP contribution is 2.21. The van der Waals surface area contributed by atoms with Crippen LogP contribution in [0.1, 0.15) is 17.1 Å². The molecule has 2 aromatic rings. The van der Waals surface area contributed by atoms with Gasteiger partial charge in [0.1, 0.15) is 23.8 Å². The molecule has 8 nitrogen and oxygen atoms in total. The fourth-order valence-electron chi connectivity index (χ4n) is 2.07. The van der Waals surface area contributed by atoms with E-state index in [0.717, 1.165) is 0 Å². The molecular formula is C13H17N3O5. The third-order valence-corrected chi connectivity index (χ3v) is 3.04. The third kappa shape index (κ3) is 3.67. The first-order chi connectivity index (χ1) is 9.99. The average molecular weight is 295 g/mol. The predicted molar refractivity (Wildman–Crippen MR) is 72.7 cm³/mol. The maximum absolute atomic E-state index is 10.9. The Hall–Kier alpha value is -2.19. The first-order valence-electron chi connectivity index (χ1n) is 6.45. The van der Waals surface area contributed by atoms with Crippen molar-refractivity contribution >= 4 is 5.69 Å². The van der Waals surface area contributed by atoms with Gasteiger partial charge < -0.3 is 14.3 Å². The molecule has 1 atom stereocenters. The van der Waals surface area contributed by atoms with E-state index in [1.165, 1.54) is 4.68 Å². The van der Waals surface area contributed by atoms with Crippen LogP contribution in [0.2, 0.25) is 0 Å². The van der Waals surface area contributed by atoms with Crippen LogP contribution in [0.4, 0.5) is 5.69 Å². The van der Waals surface area contributed by atoms with Crippen LogP contribution in [0.5, 0.6) is 0 Å². The van der Waals surface area contributed by atoms with Crippen molar-refractivity contribution < 1.29 is 19.2 Å². The van der Waals surface area contributed by atoms with E-state index in [2.05, 4.69) is 5.10 Å². The average Bonchev–Trinajstić information content (AvgIpc) is 2.99. The van der Waals surface area contributed by atoms with Gasteiger partial charge in [-0.1, -0.05) is 0 Å². The number of rotatable bonds is 7. The number of aliphatic hydroxyl groups is 1. The highest BCUT2D eigenvalue weighted by molar-refractivity contribution is 5.39. The zero-order chi connectivity index (χ0) is 15.4. The maximum atomic E-state index is 10.9. The zero-order valence-electron chi connectivity index (χ0n) is 11.9. The standard InChI is InChI=1S/C13H17N3O5/c1-9-13(16(18)19)10(2)15(14-9)6-11(17)7-20-8-12-4-3-5-21-12/h3-5,11,17H,6-8H2,1-2H3. The van der Waals surface area contributed by atoms with Crippen molar-refractivity contribution in [3.05, 3.63) is 45.7 Å². The topological polar surface area (TPSA) is 104 Å². The van der Waals surface area contributed by atoms with Gasteiger partial charge in [-0.15, -0.1) is 0 Å². The zero-order valence-corrected chi connectivity index (χ0v) is 11.9. The SMILES string of the molecule is Cc1nn(CC(O)COCc2ccco2)c(C)c1[N+](=O)[O-]. The summed E-state index contributed by atoms with van der Waals surface area (Å²) in [5.74, 6) is 0.670. The van der Waals surface area contributed by atoms with Crippen LogP contribution in [0.15, 0.2) is 22.8 Å². The lowest BCUT2D eigenvalue weighted by Crippen LogP contribution is -2.23. The molecule has 2 rings (SSSR count). The number of hydrogen-bond acceptors (Lipinski definition) is 6. The summed E-state index contributed by atoms with van der Waals surface area (Å²) in [5, 5.41) is 24.9. The Morgan fingerprint density at radius 2 is 2.33 bits per heavy atom. The molecule has 0 aromatic carbocycles. The van der Waals surface area contributed by atoms with Gasteiger partial charge in [-0.2, -0.15) is 5.10 Å². The van der Waals surface area contributed by atoms with E-state index in [-0.39, 0.29) is 25.4 Å². The monoisotopic (exact) mass is 295 g/mol. The summed E-state index contributed by atoms with van der Waals surface area (Å²) in [6.07, 6.45) is 0.738. The van der Waals surface area contributed by atoms with Crippen molar-refractivity contribution in [1.29, 1.82) is 0 Å². The quantitative estimate of drug-likeness (QED) is 0.614. The second-order valence-corrected chi connectivity index (χ2v) is 4.71. The molecular weight excluding hydrogens is 278 g/mol. The molecule has 0 spiro atoms. The molecule has 0 aliphatic heterocycles. The first kappa shape index (κ1) is 15.2.